The van der Waals surface area contributed by atoms with Crippen molar-refractivity contribution in [1.82, 2.24) is 10.4 Å². The number of carbonyl (C=O) groups excluding carboxylic acids is 1. The van der Waals surface area contributed by atoms with E-state index in [0.29, 0.717) is 28.7 Å². The highest BCUT2D eigenvalue weighted by molar-refractivity contribution is 6.59. The lowest BCUT2D eigenvalue weighted by atomic mass is 9.45. The van der Waals surface area contributed by atoms with Gasteiger partial charge < -0.3 is 30.3 Å². The molecule has 2 bridgehead atoms. The Hall–Kier alpha value is -1.69. The number of hydrogen-bond acceptors (Lipinski definition) is 8. The fourth-order valence-electron chi connectivity index (χ4n) is 6.83. The first kappa shape index (κ1) is 26.4. The van der Waals surface area contributed by atoms with Gasteiger partial charge in [-0.3, -0.25) is 9.63 Å². The molecule has 5 N–H and O–H groups in total. The molecule has 5 rings (SSSR count). The number of aliphatic hydroxyl groups excluding tert-OH is 2. The van der Waals surface area contributed by atoms with Gasteiger partial charge >= 0.3 is 7.12 Å². The van der Waals surface area contributed by atoms with Crippen molar-refractivity contribution in [2.24, 2.45) is 29.1 Å². The molecule has 4 aliphatic rings. The molecule has 10 heteroatoms. The van der Waals surface area contributed by atoms with Crippen LogP contribution in [0.1, 0.15) is 46.1 Å². The number of hydrogen-bond donors (Lipinski definition) is 5. The van der Waals surface area contributed by atoms with Crippen LogP contribution in [0.25, 0.3) is 0 Å². The molecule has 3 saturated carbocycles. The summed E-state index contributed by atoms with van der Waals surface area (Å²) in [4.78, 5) is 19.7. The van der Waals surface area contributed by atoms with Gasteiger partial charge in [0.15, 0.2) is 0 Å². The Kier molecular flexibility index (Phi) is 7.53. The van der Waals surface area contributed by atoms with Crippen LogP contribution < -0.4 is 15.5 Å². The number of benzene rings is 1. The third-order valence-electron chi connectivity index (χ3n) is 9.00. The Morgan fingerprint density at radius 3 is 2.60 bits per heavy atom. The van der Waals surface area contributed by atoms with Gasteiger partial charge in [-0.25, -0.2) is 0 Å². The van der Waals surface area contributed by atoms with Crippen molar-refractivity contribution in [2.45, 2.75) is 71.4 Å². The fourth-order valence-corrected chi connectivity index (χ4v) is 6.83. The molecule has 1 aromatic carbocycles. The van der Waals surface area contributed by atoms with Gasteiger partial charge in [0.1, 0.15) is 17.9 Å². The molecule has 9 nitrogen and oxygen atoms in total. The molecule has 0 aromatic heterocycles. The van der Waals surface area contributed by atoms with Crippen molar-refractivity contribution in [3.8, 4) is 5.75 Å². The number of fused-ring (bicyclic) bond motifs is 2. The molecule has 1 aromatic rings. The van der Waals surface area contributed by atoms with Crippen LogP contribution in [0.15, 0.2) is 18.2 Å². The number of amides is 1. The summed E-state index contributed by atoms with van der Waals surface area (Å²) in [7, 11) is -0.283. The van der Waals surface area contributed by atoms with Crippen molar-refractivity contribution < 1.29 is 34.6 Å². The molecule has 1 heterocycles. The Morgan fingerprint density at radius 2 is 2.06 bits per heavy atom. The monoisotopic (exact) mass is 490 g/mol. The standard InChI is InChI=1S/C25H39BN2O7/c1-13-17-9-16(25(17,3)4)10-19(13)27-24(31)22-21(14(2)30)20(12-29)35-28(22)11-15-7-6-8-18(26(32)33)23(15)34-5/h6-8,13-14,16-17,19-22,29-30,32-33H,9-12H2,1-5H3,(H,27,31)/t13-,14-,16+,17-,19-,20-,21+,22-/m0/s1. The highest BCUT2D eigenvalue weighted by atomic mass is 16.7. The first-order valence-corrected chi connectivity index (χ1v) is 12.6. The van der Waals surface area contributed by atoms with Crippen molar-refractivity contribution in [2.75, 3.05) is 13.7 Å². The maximum absolute atomic E-state index is 13.7. The third-order valence-corrected chi connectivity index (χ3v) is 9.00. The van der Waals surface area contributed by atoms with E-state index in [1.807, 2.05) is 0 Å². The van der Waals surface area contributed by atoms with Gasteiger partial charge in [0.05, 0.1) is 26.4 Å². The normalized spacial score (nSPS) is 34.7. The lowest BCUT2D eigenvalue weighted by Gasteiger charge is -2.62. The van der Waals surface area contributed by atoms with Gasteiger partial charge in [-0.2, -0.15) is 5.06 Å². The van der Waals surface area contributed by atoms with Crippen molar-refractivity contribution >= 4 is 18.5 Å². The summed E-state index contributed by atoms with van der Waals surface area (Å²) in [6.07, 6.45) is 0.488. The zero-order valence-electron chi connectivity index (χ0n) is 21.2. The summed E-state index contributed by atoms with van der Waals surface area (Å²) in [6.45, 7) is 8.18. The van der Waals surface area contributed by atoms with Crippen LogP contribution >= 0.6 is 0 Å². The van der Waals surface area contributed by atoms with Gasteiger partial charge in [0.2, 0.25) is 5.91 Å². The molecule has 0 radical (unpaired) electrons. The number of hydroxylamine groups is 2. The average molecular weight is 490 g/mol. The summed E-state index contributed by atoms with van der Waals surface area (Å²) in [6, 6.07) is 4.19. The molecule has 0 unspecified atom stereocenters. The SMILES string of the molecule is COc1c(CN2O[C@@H](CO)[C@@H]([C@H](C)O)[C@H]2C(=O)N[C@H]2C[C@H]3C[C@@H]([C@@H]2C)C3(C)C)cccc1B(O)O. The lowest BCUT2D eigenvalue weighted by molar-refractivity contribution is -0.183. The lowest BCUT2D eigenvalue weighted by Crippen LogP contribution is -2.62. The van der Waals surface area contributed by atoms with Crippen LogP contribution in [0.5, 0.6) is 5.75 Å². The van der Waals surface area contributed by atoms with Crippen molar-refractivity contribution in [1.29, 1.82) is 0 Å². The van der Waals surface area contributed by atoms with E-state index in [-0.39, 0.29) is 36.3 Å². The van der Waals surface area contributed by atoms with Crippen LogP contribution in [0.4, 0.5) is 0 Å². The summed E-state index contributed by atoms with van der Waals surface area (Å²) in [5.41, 5.74) is 1.09. The first-order chi connectivity index (χ1) is 16.5. The molecule has 1 saturated heterocycles. The number of para-hydroxylation sites is 1. The van der Waals surface area contributed by atoms with Gasteiger partial charge in [0, 0.05) is 23.0 Å². The van der Waals surface area contributed by atoms with Crippen LogP contribution in [0.2, 0.25) is 0 Å². The minimum atomic E-state index is -1.72. The van der Waals surface area contributed by atoms with Gasteiger partial charge in [-0.15, -0.1) is 0 Å². The van der Waals surface area contributed by atoms with Crippen molar-refractivity contribution in [3.63, 3.8) is 0 Å². The van der Waals surface area contributed by atoms with Crippen LogP contribution in [-0.4, -0.2) is 76.4 Å². The van der Waals surface area contributed by atoms with Gasteiger partial charge in [-0.1, -0.05) is 39.0 Å². The minimum Gasteiger partial charge on any atom is -0.497 e. The molecule has 1 aliphatic heterocycles. The third kappa shape index (κ3) is 4.60. The predicted molar refractivity (Wildman–Crippen MR) is 130 cm³/mol. The number of carbonyl (C=O) groups is 1. The zero-order valence-corrected chi connectivity index (χ0v) is 21.2. The topological polar surface area (TPSA) is 132 Å². The Balaban J connectivity index is 1.59. The van der Waals surface area contributed by atoms with Crippen LogP contribution in [-0.2, 0) is 16.2 Å². The summed E-state index contributed by atoms with van der Waals surface area (Å²) in [5, 5.41) is 44.7. The predicted octanol–water partition coefficient (Wildman–Crippen LogP) is 0.0356. The minimum absolute atomic E-state index is 0.0475. The highest BCUT2D eigenvalue weighted by Crippen LogP contribution is 2.61. The number of rotatable bonds is 8. The Morgan fingerprint density at radius 1 is 1.34 bits per heavy atom. The number of nitrogens with one attached hydrogen (secondary N) is 1. The molecule has 0 spiro atoms. The first-order valence-electron chi connectivity index (χ1n) is 12.6. The molecular formula is C25H39BN2O7. The second-order valence-corrected chi connectivity index (χ2v) is 11.1. The van der Waals surface area contributed by atoms with E-state index in [9.17, 15) is 25.1 Å². The van der Waals surface area contributed by atoms with E-state index in [4.69, 9.17) is 9.57 Å². The fraction of sp³-hybridized carbons (Fsp3) is 0.720. The molecule has 3 aliphatic carbocycles. The van der Waals surface area contributed by atoms with E-state index >= 15 is 0 Å². The number of nitrogens with zero attached hydrogens (tertiary/aromatic N) is 1. The van der Waals surface area contributed by atoms with E-state index in [2.05, 4.69) is 26.1 Å². The molecular weight excluding hydrogens is 451 g/mol. The summed E-state index contributed by atoms with van der Waals surface area (Å²) >= 11 is 0. The molecule has 1 amide bonds. The smallest absolute Gasteiger partial charge is 0.492 e. The van der Waals surface area contributed by atoms with Crippen molar-refractivity contribution in [3.05, 3.63) is 23.8 Å². The van der Waals surface area contributed by atoms with E-state index in [0.717, 1.165) is 6.42 Å². The Bertz CT molecular complexity index is 927. The maximum Gasteiger partial charge on any atom is 0.492 e. The van der Waals surface area contributed by atoms with Gasteiger partial charge in [-0.05, 0) is 42.9 Å². The quantitative estimate of drug-likeness (QED) is 0.323. The van der Waals surface area contributed by atoms with Gasteiger partial charge in [0.25, 0.3) is 0 Å². The van der Waals surface area contributed by atoms with Crippen LogP contribution in [0.3, 0.4) is 0 Å². The number of aliphatic hydroxyl groups is 2. The Labute approximate surface area is 207 Å². The zero-order chi connectivity index (χ0) is 25.7. The summed E-state index contributed by atoms with van der Waals surface area (Å²) in [5.74, 6) is 0.907. The molecule has 194 valence electrons. The molecule has 8 atom stereocenters. The van der Waals surface area contributed by atoms with E-state index < -0.39 is 31.3 Å². The highest BCUT2D eigenvalue weighted by Gasteiger charge is 2.57. The number of ether oxygens (including phenoxy) is 1. The van der Waals surface area contributed by atoms with E-state index in [1.54, 1.807) is 25.1 Å². The average Bonchev–Trinajstić information content (AvgIpc) is 3.18. The summed E-state index contributed by atoms with van der Waals surface area (Å²) < 4.78 is 5.44. The maximum atomic E-state index is 13.7. The second-order valence-electron chi connectivity index (χ2n) is 11.1. The van der Waals surface area contributed by atoms with E-state index in [1.165, 1.54) is 18.6 Å². The largest absolute Gasteiger partial charge is 0.497 e. The molecule has 35 heavy (non-hydrogen) atoms. The second kappa shape index (κ2) is 9.99. The number of methoxy groups -OCH3 is 1. The van der Waals surface area contributed by atoms with Crippen LogP contribution in [0, 0.1) is 29.1 Å². The molecule has 4 fully saturated rings.